The minimum Gasteiger partial charge on any atom is -0.482 e. The van der Waals surface area contributed by atoms with E-state index in [9.17, 15) is 4.79 Å². The first kappa shape index (κ1) is 22.5. The molecule has 2 aromatic rings. The summed E-state index contributed by atoms with van der Waals surface area (Å²) in [7, 11) is 0. The molecule has 6 nitrogen and oxygen atoms in total. The van der Waals surface area contributed by atoms with Crippen LogP contribution in [0.25, 0.3) is 11.3 Å². The lowest BCUT2D eigenvalue weighted by Crippen LogP contribution is -2.28. The molecule has 0 unspecified atom stereocenters. The second-order valence-electron chi connectivity index (χ2n) is 9.18. The molecule has 2 aliphatic rings. The van der Waals surface area contributed by atoms with Crippen LogP contribution in [0.5, 0.6) is 5.75 Å². The quantitative estimate of drug-likeness (QED) is 0.591. The first-order valence-corrected chi connectivity index (χ1v) is 12.2. The number of fused-ring (bicyclic) bond motifs is 1. The number of amides is 1. The van der Waals surface area contributed by atoms with E-state index in [1.807, 2.05) is 22.9 Å². The molecule has 32 heavy (non-hydrogen) atoms. The van der Waals surface area contributed by atoms with Crippen LogP contribution in [0.2, 0.25) is 0 Å². The minimum atomic E-state index is -0.137. The molecular weight excluding hydrogens is 420 g/mol. The third-order valence-corrected chi connectivity index (χ3v) is 7.62. The number of ether oxygens (including phenoxy) is 1. The maximum atomic E-state index is 11.8. The lowest BCUT2D eigenvalue weighted by Gasteiger charge is -2.36. The van der Waals surface area contributed by atoms with Gasteiger partial charge in [0.25, 0.3) is 5.91 Å². The third kappa shape index (κ3) is 4.72. The number of nitrogens with zero attached hydrogens (tertiary/aromatic N) is 3. The molecule has 0 bridgehead atoms. The molecule has 4 rings (SSSR count). The Hall–Kier alpha value is -2.67. The number of aromatic nitrogens is 1. The maximum absolute atomic E-state index is 11.8. The summed E-state index contributed by atoms with van der Waals surface area (Å²) in [6.07, 6.45) is 7.40. The average Bonchev–Trinajstić information content (AvgIpc) is 3.19. The van der Waals surface area contributed by atoms with Crippen LogP contribution in [0.15, 0.2) is 46.3 Å². The number of benzene rings is 1. The maximum Gasteiger partial charge on any atom is 0.262 e. The van der Waals surface area contributed by atoms with E-state index in [1.54, 1.807) is 17.4 Å². The molecule has 1 amide bonds. The zero-order chi connectivity index (χ0) is 22.7. The van der Waals surface area contributed by atoms with Gasteiger partial charge >= 0.3 is 0 Å². The number of hydrogen-bond acceptors (Lipinski definition) is 5. The molecule has 0 saturated heterocycles. The normalized spacial score (nSPS) is 19.2. The van der Waals surface area contributed by atoms with E-state index >= 15 is 0 Å². The van der Waals surface area contributed by atoms with E-state index in [-0.39, 0.29) is 12.5 Å². The number of carbonyl (C=O) groups is 1. The number of nitrogens with one attached hydrogen (secondary N) is 1. The summed E-state index contributed by atoms with van der Waals surface area (Å²) in [6, 6.07) is 5.86. The summed E-state index contributed by atoms with van der Waals surface area (Å²) in [6.45, 7) is 11.5. The molecule has 1 aliphatic heterocycles. The van der Waals surface area contributed by atoms with Crippen molar-refractivity contribution in [2.24, 2.45) is 21.4 Å². The Morgan fingerprint density at radius 2 is 2.12 bits per heavy atom. The molecule has 0 atom stereocenters. The van der Waals surface area contributed by atoms with Gasteiger partial charge in [-0.05, 0) is 55.2 Å². The second-order valence-corrected chi connectivity index (χ2v) is 10.0. The molecule has 1 aliphatic carbocycles. The summed E-state index contributed by atoms with van der Waals surface area (Å²) in [5.74, 6) is 1.30. The van der Waals surface area contributed by atoms with Crippen molar-refractivity contribution in [3.8, 4) is 17.0 Å². The van der Waals surface area contributed by atoms with Gasteiger partial charge in [-0.1, -0.05) is 33.3 Å². The van der Waals surface area contributed by atoms with Crippen molar-refractivity contribution in [2.45, 2.75) is 52.9 Å². The fraction of sp³-hybridized carbons (Fsp3) is 0.480. The van der Waals surface area contributed by atoms with Gasteiger partial charge in [-0.2, -0.15) is 5.10 Å². The summed E-state index contributed by atoms with van der Waals surface area (Å²) in [5.41, 5.74) is 4.23. The van der Waals surface area contributed by atoms with Gasteiger partial charge < -0.3 is 10.1 Å². The van der Waals surface area contributed by atoms with E-state index in [0.717, 1.165) is 34.8 Å². The van der Waals surface area contributed by atoms with E-state index in [4.69, 9.17) is 9.84 Å². The molecule has 0 radical (unpaired) electrons. The third-order valence-electron chi connectivity index (χ3n) is 6.77. The highest BCUT2D eigenvalue weighted by Gasteiger charge is 2.30. The highest BCUT2D eigenvalue weighted by molar-refractivity contribution is 7.07. The van der Waals surface area contributed by atoms with Gasteiger partial charge in [0.15, 0.2) is 6.61 Å². The molecule has 1 aromatic carbocycles. The van der Waals surface area contributed by atoms with Gasteiger partial charge in [0.2, 0.25) is 4.80 Å². The van der Waals surface area contributed by atoms with Crippen LogP contribution >= 0.6 is 11.3 Å². The van der Waals surface area contributed by atoms with Gasteiger partial charge in [0.05, 0.1) is 17.9 Å². The highest BCUT2D eigenvalue weighted by atomic mass is 32.1. The van der Waals surface area contributed by atoms with Crippen molar-refractivity contribution < 1.29 is 9.53 Å². The molecule has 170 valence electrons. The molecular formula is C25H32N4O2S. The molecule has 1 saturated carbocycles. The predicted molar refractivity (Wildman–Crippen MR) is 131 cm³/mol. The SMILES string of the molecule is C=CCN=c1scc(-c2ccc3c(c2)NC(=O)CO3)n1N=C1CCC(C(C)(C)CC)CC1. The van der Waals surface area contributed by atoms with E-state index in [0.29, 0.717) is 23.4 Å². The fourth-order valence-corrected chi connectivity index (χ4v) is 5.19. The van der Waals surface area contributed by atoms with Gasteiger partial charge in [-0.25, -0.2) is 4.68 Å². The molecule has 1 N–H and O–H groups in total. The Labute approximate surface area is 193 Å². The van der Waals surface area contributed by atoms with Crippen molar-refractivity contribution in [3.63, 3.8) is 0 Å². The van der Waals surface area contributed by atoms with E-state index in [2.05, 4.69) is 43.0 Å². The Balaban J connectivity index is 1.67. The predicted octanol–water partition coefficient (Wildman–Crippen LogP) is 5.46. The minimum absolute atomic E-state index is 0.0544. The second kappa shape index (κ2) is 9.45. The highest BCUT2D eigenvalue weighted by Crippen LogP contribution is 2.40. The number of rotatable bonds is 6. The standard InChI is InChI=1S/C25H32N4O2S/c1-5-13-26-24-29(28-19-10-8-18(9-11-19)25(3,4)6-2)21(16-32-24)17-7-12-22-20(14-17)27-23(30)15-31-22/h5,7,12,14,16,18H,1,6,8-11,13,15H2,2-4H3,(H,27,30). The first-order chi connectivity index (χ1) is 15.4. The Kier molecular flexibility index (Phi) is 6.65. The Morgan fingerprint density at radius 1 is 1.34 bits per heavy atom. The van der Waals surface area contributed by atoms with Crippen LogP contribution in [-0.2, 0) is 4.79 Å². The monoisotopic (exact) mass is 452 g/mol. The van der Waals surface area contributed by atoms with Gasteiger partial charge in [0, 0.05) is 16.7 Å². The van der Waals surface area contributed by atoms with Crippen LogP contribution in [0, 0.1) is 11.3 Å². The summed E-state index contributed by atoms with van der Waals surface area (Å²) < 4.78 is 7.47. The van der Waals surface area contributed by atoms with E-state index < -0.39 is 0 Å². The first-order valence-electron chi connectivity index (χ1n) is 11.4. The number of thiazole rings is 1. The molecule has 1 aromatic heterocycles. The van der Waals surface area contributed by atoms with Crippen LogP contribution in [0.1, 0.15) is 52.9 Å². The lowest BCUT2D eigenvalue weighted by atomic mass is 9.69. The molecule has 1 fully saturated rings. The van der Waals surface area contributed by atoms with Crippen LogP contribution < -0.4 is 14.9 Å². The van der Waals surface area contributed by atoms with Crippen molar-refractivity contribution in [3.05, 3.63) is 41.0 Å². The van der Waals surface area contributed by atoms with Crippen LogP contribution in [0.4, 0.5) is 5.69 Å². The Morgan fingerprint density at radius 3 is 2.84 bits per heavy atom. The van der Waals surface area contributed by atoms with Crippen LogP contribution in [0.3, 0.4) is 0 Å². The molecule has 2 heterocycles. The van der Waals surface area contributed by atoms with Crippen molar-refractivity contribution in [1.82, 2.24) is 4.68 Å². The lowest BCUT2D eigenvalue weighted by molar-refractivity contribution is -0.118. The summed E-state index contributed by atoms with van der Waals surface area (Å²) >= 11 is 1.57. The van der Waals surface area contributed by atoms with Gasteiger partial charge in [0.1, 0.15) is 5.75 Å². The summed E-state index contributed by atoms with van der Waals surface area (Å²) in [5, 5.41) is 10.0. The summed E-state index contributed by atoms with van der Waals surface area (Å²) in [4.78, 5) is 17.3. The Bertz CT molecular complexity index is 1100. The van der Waals surface area contributed by atoms with Crippen molar-refractivity contribution in [2.75, 3.05) is 18.5 Å². The van der Waals surface area contributed by atoms with Crippen molar-refractivity contribution in [1.29, 1.82) is 0 Å². The fourth-order valence-electron chi connectivity index (χ4n) is 4.35. The van der Waals surface area contributed by atoms with Gasteiger partial charge in [-0.15, -0.1) is 17.9 Å². The number of hydrogen-bond donors (Lipinski definition) is 1. The topological polar surface area (TPSA) is 68.0 Å². The average molecular weight is 453 g/mol. The smallest absolute Gasteiger partial charge is 0.262 e. The molecule has 7 heteroatoms. The number of carbonyl (C=O) groups excluding carboxylic acids is 1. The molecule has 0 spiro atoms. The largest absolute Gasteiger partial charge is 0.482 e. The number of anilines is 1. The zero-order valence-electron chi connectivity index (χ0n) is 19.2. The zero-order valence-corrected chi connectivity index (χ0v) is 20.0. The van der Waals surface area contributed by atoms with E-state index in [1.165, 1.54) is 25.0 Å². The van der Waals surface area contributed by atoms with Crippen molar-refractivity contribution >= 4 is 28.6 Å². The van der Waals surface area contributed by atoms with Gasteiger partial charge in [-0.3, -0.25) is 9.79 Å². The van der Waals surface area contributed by atoms with Crippen LogP contribution in [-0.4, -0.2) is 29.4 Å².